The van der Waals surface area contributed by atoms with Gasteiger partial charge in [-0.1, -0.05) is 12.1 Å². The summed E-state index contributed by atoms with van der Waals surface area (Å²) in [6, 6.07) is 15.8. The van der Waals surface area contributed by atoms with Crippen LogP contribution < -0.4 is 10.6 Å². The molecule has 0 atom stereocenters. The van der Waals surface area contributed by atoms with Gasteiger partial charge in [0.2, 0.25) is 11.9 Å². The van der Waals surface area contributed by atoms with E-state index in [0.717, 1.165) is 28.1 Å². The van der Waals surface area contributed by atoms with Gasteiger partial charge in [-0.3, -0.25) is 4.79 Å². The molecular formula is C22H18FN5O. The molecule has 1 aliphatic rings. The Bertz CT molecular complexity index is 1280. The lowest BCUT2D eigenvalue weighted by Gasteiger charge is -2.15. The number of carbonyl (C=O) groups is 1. The third kappa shape index (κ3) is 2.82. The minimum atomic E-state index is -0.593. The molecule has 29 heavy (non-hydrogen) atoms. The molecule has 2 N–H and O–H groups in total. The standard InChI is InChI=1S/C22H18FN5O/c1-22(2)17-12-15(8-9-18(17)25-20(22)29)24-21-26-19-16(7-4-10-28(19)27-21)13-5-3-6-14(23)11-13/h3-12H,1-2H3,(H,24,27)(H,25,29). The highest BCUT2D eigenvalue weighted by atomic mass is 19.1. The Balaban J connectivity index is 1.52. The first-order valence-corrected chi connectivity index (χ1v) is 9.26. The first-order chi connectivity index (χ1) is 13.9. The van der Waals surface area contributed by atoms with E-state index in [-0.39, 0.29) is 11.7 Å². The van der Waals surface area contributed by atoms with Crippen molar-refractivity contribution in [1.82, 2.24) is 14.6 Å². The quantitative estimate of drug-likeness (QED) is 0.543. The van der Waals surface area contributed by atoms with Crippen molar-refractivity contribution < 1.29 is 9.18 Å². The van der Waals surface area contributed by atoms with Crippen LogP contribution >= 0.6 is 0 Å². The van der Waals surface area contributed by atoms with E-state index in [1.54, 1.807) is 16.8 Å². The monoisotopic (exact) mass is 387 g/mol. The van der Waals surface area contributed by atoms with Gasteiger partial charge in [0, 0.05) is 23.1 Å². The van der Waals surface area contributed by atoms with Crippen LogP contribution in [0, 0.1) is 5.82 Å². The molecule has 4 aromatic rings. The summed E-state index contributed by atoms with van der Waals surface area (Å²) in [5.74, 6) is 0.102. The van der Waals surface area contributed by atoms with E-state index >= 15 is 0 Å². The average molecular weight is 387 g/mol. The summed E-state index contributed by atoms with van der Waals surface area (Å²) in [5.41, 5.74) is 4.09. The highest BCUT2D eigenvalue weighted by molar-refractivity contribution is 6.06. The largest absolute Gasteiger partial charge is 0.325 e. The normalized spacial score (nSPS) is 14.7. The smallest absolute Gasteiger partial charge is 0.247 e. The Morgan fingerprint density at radius 2 is 1.97 bits per heavy atom. The number of nitrogens with one attached hydrogen (secondary N) is 2. The molecular weight excluding hydrogens is 369 g/mol. The number of pyridine rings is 1. The van der Waals surface area contributed by atoms with Gasteiger partial charge >= 0.3 is 0 Å². The van der Waals surface area contributed by atoms with E-state index in [9.17, 15) is 9.18 Å². The van der Waals surface area contributed by atoms with Gasteiger partial charge in [0.25, 0.3) is 0 Å². The molecule has 0 spiro atoms. The zero-order valence-corrected chi connectivity index (χ0v) is 15.9. The molecule has 0 saturated heterocycles. The minimum Gasteiger partial charge on any atom is -0.325 e. The topological polar surface area (TPSA) is 71.3 Å². The fourth-order valence-electron chi connectivity index (χ4n) is 3.62. The van der Waals surface area contributed by atoms with Crippen molar-refractivity contribution in [2.45, 2.75) is 19.3 Å². The molecule has 1 amide bonds. The van der Waals surface area contributed by atoms with Crippen molar-refractivity contribution >= 4 is 28.9 Å². The van der Waals surface area contributed by atoms with Crippen LogP contribution in [0.3, 0.4) is 0 Å². The Hall–Kier alpha value is -3.74. The maximum atomic E-state index is 13.7. The van der Waals surface area contributed by atoms with Crippen molar-refractivity contribution in [3.8, 4) is 11.1 Å². The van der Waals surface area contributed by atoms with Crippen molar-refractivity contribution in [2.24, 2.45) is 0 Å². The number of hydrogen-bond acceptors (Lipinski definition) is 4. The number of fused-ring (bicyclic) bond motifs is 2. The van der Waals surface area contributed by atoms with Crippen LogP contribution in [0.25, 0.3) is 16.8 Å². The predicted molar refractivity (Wildman–Crippen MR) is 110 cm³/mol. The molecule has 3 heterocycles. The van der Waals surface area contributed by atoms with Gasteiger partial charge in [0.15, 0.2) is 5.65 Å². The molecule has 0 radical (unpaired) electrons. The van der Waals surface area contributed by atoms with Crippen LogP contribution in [0.15, 0.2) is 60.8 Å². The van der Waals surface area contributed by atoms with Crippen LogP contribution in [0.2, 0.25) is 0 Å². The number of anilines is 3. The van der Waals surface area contributed by atoms with Gasteiger partial charge in [-0.15, -0.1) is 5.10 Å². The summed E-state index contributed by atoms with van der Waals surface area (Å²) in [6.07, 6.45) is 1.80. The highest BCUT2D eigenvalue weighted by Crippen LogP contribution is 2.39. The second-order valence-electron chi connectivity index (χ2n) is 7.60. The predicted octanol–water partition coefficient (Wildman–Crippen LogP) is 4.51. The van der Waals surface area contributed by atoms with Crippen molar-refractivity contribution in [3.05, 3.63) is 72.2 Å². The molecule has 1 aliphatic heterocycles. The SMILES string of the molecule is CC1(C)C(=O)Nc2ccc(Nc3nc4c(-c5cccc(F)c5)cccn4n3)cc21. The summed E-state index contributed by atoms with van der Waals surface area (Å²) in [6.45, 7) is 3.79. The number of hydrogen-bond donors (Lipinski definition) is 2. The number of carbonyl (C=O) groups excluding carboxylic acids is 1. The molecule has 0 fully saturated rings. The first-order valence-electron chi connectivity index (χ1n) is 9.26. The minimum absolute atomic E-state index is 0.0183. The summed E-state index contributed by atoms with van der Waals surface area (Å²) >= 11 is 0. The fourth-order valence-corrected chi connectivity index (χ4v) is 3.62. The van der Waals surface area contributed by atoms with Crippen LogP contribution in [0.5, 0.6) is 0 Å². The number of nitrogens with zero attached hydrogens (tertiary/aromatic N) is 3. The van der Waals surface area contributed by atoms with Crippen LogP contribution in [0.4, 0.5) is 21.7 Å². The molecule has 0 bridgehead atoms. The lowest BCUT2D eigenvalue weighted by Crippen LogP contribution is -2.26. The maximum Gasteiger partial charge on any atom is 0.247 e. The number of benzene rings is 2. The van der Waals surface area contributed by atoms with Crippen molar-refractivity contribution in [3.63, 3.8) is 0 Å². The Morgan fingerprint density at radius 1 is 1.10 bits per heavy atom. The molecule has 7 heteroatoms. The van der Waals surface area contributed by atoms with E-state index < -0.39 is 5.41 Å². The fraction of sp³-hybridized carbons (Fsp3) is 0.136. The Labute approximate surface area is 166 Å². The molecule has 0 saturated carbocycles. The second-order valence-corrected chi connectivity index (χ2v) is 7.60. The number of rotatable bonds is 3. The summed E-state index contributed by atoms with van der Waals surface area (Å²) in [7, 11) is 0. The number of aromatic nitrogens is 3. The van der Waals surface area contributed by atoms with Gasteiger partial charge in [-0.25, -0.2) is 8.91 Å². The zero-order valence-electron chi connectivity index (χ0n) is 15.9. The van der Waals surface area contributed by atoms with E-state index in [2.05, 4.69) is 20.7 Å². The molecule has 2 aromatic carbocycles. The number of halogens is 1. The highest BCUT2D eigenvalue weighted by Gasteiger charge is 2.38. The van der Waals surface area contributed by atoms with E-state index in [4.69, 9.17) is 0 Å². The van der Waals surface area contributed by atoms with E-state index in [1.165, 1.54) is 12.1 Å². The number of amides is 1. The van der Waals surface area contributed by atoms with Crippen LogP contribution in [-0.4, -0.2) is 20.5 Å². The molecule has 0 aliphatic carbocycles. The third-order valence-electron chi connectivity index (χ3n) is 5.26. The van der Waals surface area contributed by atoms with Gasteiger partial charge in [0.05, 0.1) is 5.41 Å². The molecule has 6 nitrogen and oxygen atoms in total. The van der Waals surface area contributed by atoms with Crippen molar-refractivity contribution in [2.75, 3.05) is 10.6 Å². The van der Waals surface area contributed by atoms with E-state index in [0.29, 0.717) is 11.6 Å². The zero-order chi connectivity index (χ0) is 20.2. The Morgan fingerprint density at radius 3 is 2.79 bits per heavy atom. The van der Waals surface area contributed by atoms with Gasteiger partial charge < -0.3 is 10.6 Å². The molecule has 0 unspecified atom stereocenters. The van der Waals surface area contributed by atoms with Gasteiger partial charge in [-0.2, -0.15) is 4.98 Å². The second kappa shape index (κ2) is 6.13. The van der Waals surface area contributed by atoms with E-state index in [1.807, 2.05) is 50.2 Å². The summed E-state index contributed by atoms with van der Waals surface area (Å²) in [5, 5.41) is 10.6. The lowest BCUT2D eigenvalue weighted by atomic mass is 9.86. The summed E-state index contributed by atoms with van der Waals surface area (Å²) in [4.78, 5) is 16.7. The van der Waals surface area contributed by atoms with Crippen LogP contribution in [0.1, 0.15) is 19.4 Å². The average Bonchev–Trinajstić information content (AvgIpc) is 3.20. The Kier molecular flexibility index (Phi) is 3.67. The molecule has 144 valence electrons. The van der Waals surface area contributed by atoms with Gasteiger partial charge in [0.1, 0.15) is 5.82 Å². The van der Waals surface area contributed by atoms with Gasteiger partial charge in [-0.05, 0) is 67.4 Å². The molecule has 5 rings (SSSR count). The van der Waals surface area contributed by atoms with Crippen molar-refractivity contribution in [1.29, 1.82) is 0 Å². The maximum absolute atomic E-state index is 13.7. The summed E-state index contributed by atoms with van der Waals surface area (Å²) < 4.78 is 15.3. The third-order valence-corrected chi connectivity index (χ3v) is 5.26. The first kappa shape index (κ1) is 17.4. The van der Waals surface area contributed by atoms with Crippen LogP contribution in [-0.2, 0) is 10.2 Å². The lowest BCUT2D eigenvalue weighted by molar-refractivity contribution is -0.119. The molecule has 2 aromatic heterocycles.